The Hall–Kier alpha value is -0.160. The van der Waals surface area contributed by atoms with Crippen molar-refractivity contribution in [3.8, 4) is 0 Å². The van der Waals surface area contributed by atoms with E-state index in [1.807, 2.05) is 6.92 Å². The highest BCUT2D eigenvalue weighted by molar-refractivity contribution is 5.17. The van der Waals surface area contributed by atoms with Crippen LogP contribution in [-0.2, 0) is 14.2 Å². The van der Waals surface area contributed by atoms with Gasteiger partial charge in [0, 0.05) is 17.3 Å². The molecule has 1 saturated heterocycles. The Bertz CT molecular complexity index is 416. The lowest BCUT2D eigenvalue weighted by Crippen LogP contribution is -2.64. The van der Waals surface area contributed by atoms with Gasteiger partial charge in [0.1, 0.15) is 6.23 Å². The van der Waals surface area contributed by atoms with Gasteiger partial charge in [-0.25, -0.2) is 0 Å². The van der Waals surface area contributed by atoms with Crippen molar-refractivity contribution in [1.29, 1.82) is 0 Å². The van der Waals surface area contributed by atoms with E-state index in [4.69, 9.17) is 19.9 Å². The molecule has 122 valence electrons. The van der Waals surface area contributed by atoms with Gasteiger partial charge < -0.3 is 19.9 Å². The van der Waals surface area contributed by atoms with Crippen LogP contribution in [0.3, 0.4) is 0 Å². The third kappa shape index (κ3) is 1.82. The number of hydrogen-bond donors (Lipinski definition) is 1. The summed E-state index contributed by atoms with van der Waals surface area (Å²) in [4.78, 5) is 0. The van der Waals surface area contributed by atoms with Gasteiger partial charge in [0.05, 0.1) is 19.3 Å². The van der Waals surface area contributed by atoms with Gasteiger partial charge in [0.25, 0.3) is 0 Å². The first-order chi connectivity index (χ1) is 9.69. The number of rotatable bonds is 2. The van der Waals surface area contributed by atoms with Crippen molar-refractivity contribution in [2.24, 2.45) is 22.0 Å². The van der Waals surface area contributed by atoms with Crippen molar-refractivity contribution in [2.75, 3.05) is 13.2 Å². The highest BCUT2D eigenvalue weighted by atomic mass is 16.7. The van der Waals surface area contributed by atoms with Crippen LogP contribution < -0.4 is 5.73 Å². The number of hydrogen-bond acceptors (Lipinski definition) is 4. The van der Waals surface area contributed by atoms with Crippen molar-refractivity contribution in [3.05, 3.63) is 0 Å². The summed E-state index contributed by atoms with van der Waals surface area (Å²) in [6.07, 6.45) is 4.28. The van der Waals surface area contributed by atoms with E-state index in [0.29, 0.717) is 0 Å². The Labute approximate surface area is 128 Å². The lowest BCUT2D eigenvalue weighted by atomic mass is 9.46. The van der Waals surface area contributed by atoms with Crippen LogP contribution in [-0.4, -0.2) is 31.3 Å². The standard InChI is InChI=1S/C17H31NO3/c1-12(18)21-13-6-7-16(5)14(2,3)17(19-10-11-20-17)9-8-15(13,16)4/h12-13H,6-11,18H2,1-5H3. The van der Waals surface area contributed by atoms with Crippen molar-refractivity contribution in [3.63, 3.8) is 0 Å². The first-order valence-corrected chi connectivity index (χ1v) is 8.38. The maximum atomic E-state index is 6.14. The second kappa shape index (κ2) is 4.67. The third-order valence-corrected chi connectivity index (χ3v) is 7.32. The minimum absolute atomic E-state index is 0.0422. The fourth-order valence-corrected chi connectivity index (χ4v) is 5.44. The van der Waals surface area contributed by atoms with E-state index in [1.165, 1.54) is 0 Å². The zero-order chi connectivity index (χ0) is 15.5. The Morgan fingerprint density at radius 3 is 2.24 bits per heavy atom. The Morgan fingerprint density at radius 2 is 1.67 bits per heavy atom. The quantitative estimate of drug-likeness (QED) is 0.796. The molecule has 0 bridgehead atoms. The molecule has 0 radical (unpaired) electrons. The summed E-state index contributed by atoms with van der Waals surface area (Å²) < 4.78 is 18.4. The number of fused-ring (bicyclic) bond motifs is 1. The first-order valence-electron chi connectivity index (χ1n) is 8.38. The first kappa shape index (κ1) is 15.7. The fraction of sp³-hybridized carbons (Fsp3) is 1.00. The van der Waals surface area contributed by atoms with Crippen LogP contribution in [0.1, 0.15) is 60.3 Å². The van der Waals surface area contributed by atoms with Gasteiger partial charge in [-0.2, -0.15) is 0 Å². The van der Waals surface area contributed by atoms with Crippen molar-refractivity contribution in [2.45, 2.75) is 78.4 Å². The molecule has 4 heteroatoms. The third-order valence-electron chi connectivity index (χ3n) is 7.32. The molecule has 2 N–H and O–H groups in total. The molecule has 4 unspecified atom stereocenters. The molecule has 2 saturated carbocycles. The summed E-state index contributed by atoms with van der Waals surface area (Å²) in [5.41, 5.74) is 6.12. The summed E-state index contributed by atoms with van der Waals surface area (Å²) >= 11 is 0. The lowest BCUT2D eigenvalue weighted by Gasteiger charge is -2.63. The molecule has 0 amide bonds. The van der Waals surface area contributed by atoms with Crippen LogP contribution in [0.4, 0.5) is 0 Å². The molecule has 2 aliphatic carbocycles. The highest BCUT2D eigenvalue weighted by Gasteiger charge is 2.71. The predicted molar refractivity (Wildman–Crippen MR) is 81.6 cm³/mol. The SMILES string of the molecule is CC(N)OC1CCC2(C)C1(C)CCC1(OCCO1)C2(C)C. The predicted octanol–water partition coefficient (Wildman–Crippen LogP) is 3.05. The van der Waals surface area contributed by atoms with Crippen molar-refractivity contribution >= 4 is 0 Å². The summed E-state index contributed by atoms with van der Waals surface area (Å²) in [5.74, 6) is -0.412. The molecule has 0 aromatic rings. The molecular formula is C17H31NO3. The van der Waals surface area contributed by atoms with Crippen LogP contribution in [0.15, 0.2) is 0 Å². The van der Waals surface area contributed by atoms with Gasteiger partial charge >= 0.3 is 0 Å². The molecule has 3 rings (SSSR count). The van der Waals surface area contributed by atoms with Crippen LogP contribution in [0.2, 0.25) is 0 Å². The second-order valence-electron chi connectivity index (χ2n) is 8.19. The maximum Gasteiger partial charge on any atom is 0.174 e. The summed E-state index contributed by atoms with van der Waals surface area (Å²) in [5, 5.41) is 0. The monoisotopic (exact) mass is 297 g/mol. The molecule has 1 heterocycles. The molecule has 3 fully saturated rings. The minimum atomic E-state index is -0.412. The molecule has 0 aromatic carbocycles. The van der Waals surface area contributed by atoms with E-state index in [-0.39, 0.29) is 28.6 Å². The fourth-order valence-electron chi connectivity index (χ4n) is 5.44. The average molecular weight is 297 g/mol. The molecule has 1 spiro atoms. The van der Waals surface area contributed by atoms with Gasteiger partial charge in [-0.15, -0.1) is 0 Å². The summed E-state index contributed by atoms with van der Waals surface area (Å²) in [7, 11) is 0. The van der Waals surface area contributed by atoms with Crippen molar-refractivity contribution in [1.82, 2.24) is 0 Å². The topological polar surface area (TPSA) is 53.7 Å². The smallest absolute Gasteiger partial charge is 0.174 e. The summed E-state index contributed by atoms with van der Waals surface area (Å²) in [6, 6.07) is 0. The van der Waals surface area contributed by atoms with Crippen LogP contribution >= 0.6 is 0 Å². The molecular weight excluding hydrogens is 266 g/mol. The van der Waals surface area contributed by atoms with Crippen molar-refractivity contribution < 1.29 is 14.2 Å². The largest absolute Gasteiger partial charge is 0.360 e. The normalized spacial score (nSPS) is 45.7. The van der Waals surface area contributed by atoms with Crippen LogP contribution in [0.25, 0.3) is 0 Å². The maximum absolute atomic E-state index is 6.14. The second-order valence-corrected chi connectivity index (χ2v) is 8.19. The van der Waals surface area contributed by atoms with E-state index in [9.17, 15) is 0 Å². The Morgan fingerprint density at radius 1 is 1.05 bits per heavy atom. The lowest BCUT2D eigenvalue weighted by molar-refractivity contribution is -0.312. The van der Waals surface area contributed by atoms with Gasteiger partial charge in [-0.05, 0) is 31.6 Å². The minimum Gasteiger partial charge on any atom is -0.360 e. The molecule has 0 aromatic heterocycles. The van der Waals surface area contributed by atoms with E-state index in [2.05, 4.69) is 27.7 Å². The van der Waals surface area contributed by atoms with Gasteiger partial charge in [0.15, 0.2) is 5.79 Å². The van der Waals surface area contributed by atoms with E-state index >= 15 is 0 Å². The van der Waals surface area contributed by atoms with Gasteiger partial charge in [0.2, 0.25) is 0 Å². The Kier molecular flexibility index (Phi) is 3.50. The van der Waals surface area contributed by atoms with Gasteiger partial charge in [-0.1, -0.05) is 27.7 Å². The number of nitrogens with two attached hydrogens (primary N) is 1. The van der Waals surface area contributed by atoms with Crippen LogP contribution in [0, 0.1) is 16.2 Å². The molecule has 4 atom stereocenters. The van der Waals surface area contributed by atoms with Crippen LogP contribution in [0.5, 0.6) is 0 Å². The zero-order valence-electron chi connectivity index (χ0n) is 14.2. The van der Waals surface area contributed by atoms with Gasteiger partial charge in [-0.3, -0.25) is 0 Å². The van der Waals surface area contributed by atoms with E-state index in [1.54, 1.807) is 0 Å². The highest BCUT2D eigenvalue weighted by Crippen LogP contribution is 2.71. The zero-order valence-corrected chi connectivity index (χ0v) is 14.2. The van der Waals surface area contributed by atoms with E-state index < -0.39 is 5.79 Å². The summed E-state index contributed by atoms with van der Waals surface area (Å²) in [6.45, 7) is 12.8. The Balaban J connectivity index is 1.97. The van der Waals surface area contributed by atoms with E-state index in [0.717, 1.165) is 38.9 Å². The number of ether oxygens (including phenoxy) is 3. The molecule has 4 nitrogen and oxygen atoms in total. The molecule has 21 heavy (non-hydrogen) atoms. The average Bonchev–Trinajstić information content (AvgIpc) is 2.96. The molecule has 3 aliphatic rings. The molecule has 1 aliphatic heterocycles.